The number of ether oxygens (including phenoxy) is 1. The fourth-order valence-corrected chi connectivity index (χ4v) is 3.91. The van der Waals surface area contributed by atoms with Crippen LogP contribution in [0.4, 0.5) is 0 Å². The highest BCUT2D eigenvalue weighted by atomic mass is 16.5. The van der Waals surface area contributed by atoms with Crippen molar-refractivity contribution in [3.63, 3.8) is 0 Å². The molecule has 0 bridgehead atoms. The number of rotatable bonds is 7. The van der Waals surface area contributed by atoms with Crippen molar-refractivity contribution in [3.05, 3.63) is 70.8 Å². The van der Waals surface area contributed by atoms with E-state index < -0.39 is 17.7 Å². The largest absolute Gasteiger partial charge is 0.507 e. The summed E-state index contributed by atoms with van der Waals surface area (Å²) in [6.45, 7) is 10.5. The summed E-state index contributed by atoms with van der Waals surface area (Å²) in [5, 5.41) is 11.2. The third kappa shape index (κ3) is 4.66. The van der Waals surface area contributed by atoms with E-state index >= 15 is 0 Å². The minimum atomic E-state index is -0.654. The van der Waals surface area contributed by atoms with Crippen LogP contribution in [0.25, 0.3) is 5.76 Å². The first-order valence-electron chi connectivity index (χ1n) is 10.9. The molecule has 0 aromatic heterocycles. The second-order valence-corrected chi connectivity index (χ2v) is 8.51. The molecule has 31 heavy (non-hydrogen) atoms. The molecule has 3 rings (SSSR count). The molecule has 0 radical (unpaired) electrons. The van der Waals surface area contributed by atoms with E-state index in [1.807, 2.05) is 45.0 Å². The normalized spacial score (nSPS) is 18.3. The van der Waals surface area contributed by atoms with Gasteiger partial charge in [-0.15, -0.1) is 0 Å². The van der Waals surface area contributed by atoms with Crippen molar-refractivity contribution in [1.82, 2.24) is 4.90 Å². The van der Waals surface area contributed by atoms with Gasteiger partial charge in [0, 0.05) is 12.1 Å². The van der Waals surface area contributed by atoms with Gasteiger partial charge in [0.15, 0.2) is 0 Å². The van der Waals surface area contributed by atoms with Crippen LogP contribution in [0.5, 0.6) is 5.75 Å². The first kappa shape index (κ1) is 22.6. The van der Waals surface area contributed by atoms with Gasteiger partial charge in [-0.1, -0.05) is 57.2 Å². The zero-order valence-corrected chi connectivity index (χ0v) is 18.9. The van der Waals surface area contributed by atoms with Crippen molar-refractivity contribution >= 4 is 17.4 Å². The molecule has 1 heterocycles. The van der Waals surface area contributed by atoms with Gasteiger partial charge in [-0.2, -0.15) is 0 Å². The topological polar surface area (TPSA) is 66.8 Å². The fourth-order valence-electron chi connectivity index (χ4n) is 3.91. The Kier molecular flexibility index (Phi) is 6.84. The molecular formula is C26H31NO4. The number of carbonyl (C=O) groups is 2. The molecule has 1 fully saturated rings. The lowest BCUT2D eigenvalue weighted by Gasteiger charge is -2.25. The highest BCUT2D eigenvalue weighted by Gasteiger charge is 2.45. The second-order valence-electron chi connectivity index (χ2n) is 8.51. The third-order valence-electron chi connectivity index (χ3n) is 5.40. The Morgan fingerprint density at radius 1 is 1.06 bits per heavy atom. The average Bonchev–Trinajstić information content (AvgIpc) is 2.98. The van der Waals surface area contributed by atoms with E-state index in [9.17, 15) is 14.7 Å². The second kappa shape index (κ2) is 9.38. The molecular weight excluding hydrogens is 390 g/mol. The number of Topliss-reactive ketones (excluding diaryl/α,β-unsaturated/α-hetero) is 1. The Morgan fingerprint density at radius 3 is 2.32 bits per heavy atom. The SMILES string of the molecule is CCCN1C(=O)C(=O)/C(=C(\O)c2cccc(OC(C)C)c2)C1c1ccc(C(C)C)cc1. The number of ketones is 1. The molecule has 1 aliphatic rings. The number of amides is 1. The summed E-state index contributed by atoms with van der Waals surface area (Å²) < 4.78 is 5.73. The van der Waals surface area contributed by atoms with Crippen LogP contribution in [0.3, 0.4) is 0 Å². The lowest BCUT2D eigenvalue weighted by atomic mass is 9.93. The van der Waals surface area contributed by atoms with Gasteiger partial charge in [0.2, 0.25) is 0 Å². The highest BCUT2D eigenvalue weighted by Crippen LogP contribution is 2.40. The minimum absolute atomic E-state index is 0.0213. The fraction of sp³-hybridized carbons (Fsp3) is 0.385. The Balaban J connectivity index is 2.12. The lowest BCUT2D eigenvalue weighted by molar-refractivity contribution is -0.139. The Morgan fingerprint density at radius 2 is 1.74 bits per heavy atom. The van der Waals surface area contributed by atoms with Crippen molar-refractivity contribution in [3.8, 4) is 5.75 Å². The molecule has 1 amide bonds. The van der Waals surface area contributed by atoms with Crippen molar-refractivity contribution in [2.24, 2.45) is 0 Å². The number of hydrogen-bond acceptors (Lipinski definition) is 4. The standard InChI is InChI=1S/C26H31NO4/c1-6-14-27-23(19-12-10-18(11-13-19)16(2)3)22(25(29)26(27)30)24(28)20-8-7-9-21(15-20)31-17(4)5/h7-13,15-17,23,28H,6,14H2,1-5H3/b24-22-. The predicted molar refractivity (Wildman–Crippen MR) is 122 cm³/mol. The van der Waals surface area contributed by atoms with Gasteiger partial charge < -0.3 is 14.7 Å². The first-order chi connectivity index (χ1) is 14.7. The first-order valence-corrected chi connectivity index (χ1v) is 10.9. The molecule has 1 saturated heterocycles. The lowest BCUT2D eigenvalue weighted by Crippen LogP contribution is -2.30. The maximum Gasteiger partial charge on any atom is 0.295 e. The van der Waals surface area contributed by atoms with E-state index in [1.165, 1.54) is 5.56 Å². The number of carbonyl (C=O) groups excluding carboxylic acids is 2. The van der Waals surface area contributed by atoms with Gasteiger partial charge in [0.25, 0.3) is 11.7 Å². The van der Waals surface area contributed by atoms with E-state index in [2.05, 4.69) is 13.8 Å². The molecule has 0 spiro atoms. The van der Waals surface area contributed by atoms with E-state index in [-0.39, 0.29) is 17.4 Å². The summed E-state index contributed by atoms with van der Waals surface area (Å²) in [7, 11) is 0. The molecule has 164 valence electrons. The number of hydrogen-bond donors (Lipinski definition) is 1. The van der Waals surface area contributed by atoms with Crippen LogP contribution in [0.2, 0.25) is 0 Å². The van der Waals surface area contributed by atoms with Crippen molar-refractivity contribution < 1.29 is 19.4 Å². The zero-order valence-electron chi connectivity index (χ0n) is 18.9. The summed E-state index contributed by atoms with van der Waals surface area (Å²) >= 11 is 0. The van der Waals surface area contributed by atoms with Crippen LogP contribution < -0.4 is 4.74 Å². The molecule has 0 aliphatic carbocycles. The maximum absolute atomic E-state index is 13.0. The van der Waals surface area contributed by atoms with Crippen LogP contribution in [0, 0.1) is 0 Å². The van der Waals surface area contributed by atoms with Gasteiger partial charge >= 0.3 is 0 Å². The van der Waals surface area contributed by atoms with Crippen molar-refractivity contribution in [2.75, 3.05) is 6.54 Å². The number of nitrogens with zero attached hydrogens (tertiary/aromatic N) is 1. The molecule has 5 nitrogen and oxygen atoms in total. The summed E-state index contributed by atoms with van der Waals surface area (Å²) in [5.74, 6) is -0.432. The van der Waals surface area contributed by atoms with Crippen LogP contribution in [0.15, 0.2) is 54.1 Å². The summed E-state index contributed by atoms with van der Waals surface area (Å²) in [5.41, 5.74) is 2.57. The summed E-state index contributed by atoms with van der Waals surface area (Å²) in [6, 6.07) is 14.3. The minimum Gasteiger partial charge on any atom is -0.507 e. The molecule has 5 heteroatoms. The van der Waals surface area contributed by atoms with Crippen LogP contribution in [-0.4, -0.2) is 34.3 Å². The van der Waals surface area contributed by atoms with Crippen LogP contribution in [-0.2, 0) is 9.59 Å². The quantitative estimate of drug-likeness (QED) is 0.368. The molecule has 2 aromatic carbocycles. The van der Waals surface area contributed by atoms with Gasteiger partial charge in [0.1, 0.15) is 11.5 Å². The summed E-state index contributed by atoms with van der Waals surface area (Å²) in [6.07, 6.45) is 0.692. The molecule has 0 saturated carbocycles. The monoisotopic (exact) mass is 421 g/mol. The van der Waals surface area contributed by atoms with Crippen molar-refractivity contribution in [2.45, 2.75) is 59.1 Å². The van der Waals surface area contributed by atoms with Gasteiger partial charge in [-0.05, 0) is 49.4 Å². The third-order valence-corrected chi connectivity index (χ3v) is 5.40. The van der Waals surface area contributed by atoms with Gasteiger partial charge in [0.05, 0.1) is 17.7 Å². The molecule has 1 atom stereocenters. The summed E-state index contributed by atoms with van der Waals surface area (Å²) in [4.78, 5) is 27.4. The van der Waals surface area contributed by atoms with Gasteiger partial charge in [-0.25, -0.2) is 0 Å². The smallest absolute Gasteiger partial charge is 0.295 e. The van der Waals surface area contributed by atoms with Crippen LogP contribution >= 0.6 is 0 Å². The highest BCUT2D eigenvalue weighted by molar-refractivity contribution is 6.46. The van der Waals surface area contributed by atoms with E-state index in [0.717, 1.165) is 5.56 Å². The molecule has 1 unspecified atom stereocenters. The predicted octanol–water partition coefficient (Wildman–Crippen LogP) is 5.43. The maximum atomic E-state index is 13.0. The Bertz CT molecular complexity index is 989. The molecule has 1 N–H and O–H groups in total. The average molecular weight is 422 g/mol. The Labute approximate surface area is 184 Å². The number of aliphatic hydroxyl groups excluding tert-OH is 1. The van der Waals surface area contributed by atoms with Gasteiger partial charge in [-0.3, -0.25) is 9.59 Å². The molecule has 2 aromatic rings. The van der Waals surface area contributed by atoms with Crippen molar-refractivity contribution in [1.29, 1.82) is 0 Å². The number of aliphatic hydroxyl groups is 1. The van der Waals surface area contributed by atoms with E-state index in [1.54, 1.807) is 29.2 Å². The zero-order chi connectivity index (χ0) is 22.7. The van der Waals surface area contributed by atoms with E-state index in [4.69, 9.17) is 4.74 Å². The van der Waals surface area contributed by atoms with Crippen LogP contribution in [0.1, 0.15) is 69.7 Å². The number of benzene rings is 2. The Hall–Kier alpha value is -3.08. The molecule has 1 aliphatic heterocycles. The van der Waals surface area contributed by atoms with E-state index in [0.29, 0.717) is 30.2 Å². The number of likely N-dealkylation sites (tertiary alicyclic amines) is 1.